The van der Waals surface area contributed by atoms with Crippen molar-refractivity contribution in [3.63, 3.8) is 0 Å². The molecule has 2 aliphatic heterocycles. The van der Waals surface area contributed by atoms with Gasteiger partial charge in [-0.3, -0.25) is 9.69 Å². The lowest BCUT2D eigenvalue weighted by Gasteiger charge is -2.33. The van der Waals surface area contributed by atoms with Gasteiger partial charge < -0.3 is 19.1 Å². The SMILES string of the molecule is COc1cc([C@H]2N(c3ccccc3)N=C(C(C)=O)N2c2ccc(N3CCOCC3)c(Cl)c2)ccc1OCc1ccccc1F. The van der Waals surface area contributed by atoms with Gasteiger partial charge in [0.25, 0.3) is 0 Å². The van der Waals surface area contributed by atoms with Gasteiger partial charge in [-0.2, -0.15) is 0 Å². The van der Waals surface area contributed by atoms with Crippen LogP contribution in [0.4, 0.5) is 21.5 Å². The Morgan fingerprint density at radius 2 is 1.70 bits per heavy atom. The van der Waals surface area contributed by atoms with Gasteiger partial charge in [-0.15, -0.1) is 5.10 Å². The standard InChI is InChI=1S/C34H32ClFN4O4/c1-23(41)33-37-40(26-9-4-3-5-10-26)34(39(33)27-13-14-30(28(35)21-27)38-16-18-43-19-17-38)24-12-15-31(32(20-24)42-2)44-22-25-8-6-7-11-29(25)36/h3-15,20-21,34H,16-19,22H2,1-2H3/t34-/m1/s1. The van der Waals surface area contributed by atoms with E-state index in [9.17, 15) is 9.18 Å². The van der Waals surface area contributed by atoms with Crippen LogP contribution in [0.2, 0.25) is 5.02 Å². The molecule has 0 bridgehead atoms. The molecule has 0 saturated carbocycles. The van der Waals surface area contributed by atoms with Gasteiger partial charge in [-0.25, -0.2) is 9.40 Å². The lowest BCUT2D eigenvalue weighted by Crippen LogP contribution is -2.38. The van der Waals surface area contributed by atoms with Gasteiger partial charge in [0, 0.05) is 36.8 Å². The first-order chi connectivity index (χ1) is 21.4. The summed E-state index contributed by atoms with van der Waals surface area (Å²) in [5, 5.41) is 7.20. The second-order valence-corrected chi connectivity index (χ2v) is 10.8. The van der Waals surface area contributed by atoms with Crippen LogP contribution in [-0.4, -0.2) is 45.0 Å². The Morgan fingerprint density at radius 3 is 2.41 bits per heavy atom. The number of hydrogen-bond acceptors (Lipinski definition) is 8. The summed E-state index contributed by atoms with van der Waals surface area (Å²) in [5.41, 5.74) is 3.65. The van der Waals surface area contributed by atoms with Crippen LogP contribution >= 0.6 is 11.6 Å². The Labute approximate surface area is 260 Å². The van der Waals surface area contributed by atoms with Crippen molar-refractivity contribution in [2.45, 2.75) is 19.7 Å². The average molecular weight is 615 g/mol. The van der Waals surface area contributed by atoms with Crippen molar-refractivity contribution in [2.75, 3.05) is 48.2 Å². The third-order valence-electron chi connectivity index (χ3n) is 7.63. The van der Waals surface area contributed by atoms with E-state index in [-0.39, 0.29) is 24.0 Å². The Bertz CT molecular complexity index is 1680. The molecule has 1 atom stereocenters. The number of carbonyl (C=O) groups is 1. The zero-order valence-electron chi connectivity index (χ0n) is 24.5. The number of morpholine rings is 1. The molecule has 1 fully saturated rings. The fraction of sp³-hybridized carbons (Fsp3) is 0.235. The van der Waals surface area contributed by atoms with Crippen molar-refractivity contribution in [1.29, 1.82) is 0 Å². The normalized spacial score (nSPS) is 16.6. The van der Waals surface area contributed by atoms with Gasteiger partial charge in [-0.1, -0.05) is 54.1 Å². The van der Waals surface area contributed by atoms with Crippen molar-refractivity contribution >= 4 is 40.3 Å². The third-order valence-corrected chi connectivity index (χ3v) is 7.93. The molecule has 0 spiro atoms. The second-order valence-electron chi connectivity index (χ2n) is 10.4. The number of hydrazone groups is 1. The number of halogens is 2. The van der Waals surface area contributed by atoms with Gasteiger partial charge >= 0.3 is 0 Å². The smallest absolute Gasteiger partial charge is 0.198 e. The summed E-state index contributed by atoms with van der Waals surface area (Å²) in [4.78, 5) is 17.2. The third kappa shape index (κ3) is 5.93. The molecule has 2 aliphatic rings. The molecular formula is C34H32ClFN4O4. The van der Waals surface area contributed by atoms with Crippen LogP contribution in [0.3, 0.4) is 0 Å². The number of nitrogens with zero attached hydrogens (tertiary/aromatic N) is 4. The van der Waals surface area contributed by atoms with E-state index in [0.717, 1.165) is 30.0 Å². The number of benzene rings is 4. The van der Waals surface area contributed by atoms with Crippen LogP contribution in [-0.2, 0) is 16.1 Å². The number of ether oxygens (including phenoxy) is 3. The maximum Gasteiger partial charge on any atom is 0.198 e. The molecule has 10 heteroatoms. The number of methoxy groups -OCH3 is 1. The van der Waals surface area contributed by atoms with Crippen molar-refractivity contribution in [1.82, 2.24) is 0 Å². The molecule has 0 aromatic heterocycles. The number of para-hydroxylation sites is 1. The molecule has 4 aromatic rings. The van der Waals surface area contributed by atoms with Crippen LogP contribution in [0.5, 0.6) is 11.5 Å². The maximum atomic E-state index is 14.2. The van der Waals surface area contributed by atoms with E-state index in [1.54, 1.807) is 31.4 Å². The summed E-state index contributed by atoms with van der Waals surface area (Å²) in [6.07, 6.45) is -0.559. The molecule has 0 N–H and O–H groups in total. The van der Waals surface area contributed by atoms with Crippen LogP contribution < -0.4 is 24.3 Å². The molecule has 6 rings (SSSR count). The van der Waals surface area contributed by atoms with Crippen molar-refractivity contribution in [3.05, 3.63) is 113 Å². The number of anilines is 3. The fourth-order valence-corrected chi connectivity index (χ4v) is 5.74. The lowest BCUT2D eigenvalue weighted by molar-refractivity contribution is -0.111. The van der Waals surface area contributed by atoms with Crippen LogP contribution in [0, 0.1) is 5.82 Å². The van der Waals surface area contributed by atoms with E-state index in [2.05, 4.69) is 4.90 Å². The minimum atomic E-state index is -0.559. The zero-order chi connectivity index (χ0) is 30.6. The van der Waals surface area contributed by atoms with Gasteiger partial charge in [0.2, 0.25) is 0 Å². The predicted octanol–water partition coefficient (Wildman–Crippen LogP) is 6.83. The second kappa shape index (κ2) is 13.0. The van der Waals surface area contributed by atoms with E-state index in [1.807, 2.05) is 70.6 Å². The molecule has 0 radical (unpaired) electrons. The first kappa shape index (κ1) is 29.5. The van der Waals surface area contributed by atoms with Gasteiger partial charge in [0.15, 0.2) is 29.3 Å². The van der Waals surface area contributed by atoms with Gasteiger partial charge in [0.1, 0.15) is 12.4 Å². The molecule has 226 valence electrons. The maximum absolute atomic E-state index is 14.2. The molecule has 0 amide bonds. The Balaban J connectivity index is 1.40. The van der Waals surface area contributed by atoms with E-state index in [0.29, 0.717) is 41.0 Å². The first-order valence-electron chi connectivity index (χ1n) is 14.3. The van der Waals surface area contributed by atoms with E-state index in [4.69, 9.17) is 30.9 Å². The van der Waals surface area contributed by atoms with Crippen LogP contribution in [0.25, 0.3) is 0 Å². The quantitative estimate of drug-likeness (QED) is 0.205. The van der Waals surface area contributed by atoms with Crippen molar-refractivity contribution in [2.24, 2.45) is 5.10 Å². The number of hydrogen-bond donors (Lipinski definition) is 0. The summed E-state index contributed by atoms with van der Waals surface area (Å²) in [5.74, 6) is 0.659. The Kier molecular flexibility index (Phi) is 8.67. The van der Waals surface area contributed by atoms with Crippen molar-refractivity contribution in [3.8, 4) is 11.5 Å². The highest BCUT2D eigenvalue weighted by molar-refractivity contribution is 6.44. The molecule has 8 nitrogen and oxygen atoms in total. The lowest BCUT2D eigenvalue weighted by atomic mass is 10.1. The Hall–Kier alpha value is -4.60. The highest BCUT2D eigenvalue weighted by Gasteiger charge is 2.40. The molecular weight excluding hydrogens is 583 g/mol. The van der Waals surface area contributed by atoms with E-state index in [1.165, 1.54) is 13.0 Å². The van der Waals surface area contributed by atoms with E-state index < -0.39 is 6.17 Å². The minimum Gasteiger partial charge on any atom is -0.493 e. The summed E-state index contributed by atoms with van der Waals surface area (Å²) in [6, 6.07) is 27.5. The highest BCUT2D eigenvalue weighted by Crippen LogP contribution is 2.43. The minimum absolute atomic E-state index is 0.0413. The number of carbonyl (C=O) groups excluding carboxylic acids is 1. The highest BCUT2D eigenvalue weighted by atomic mass is 35.5. The van der Waals surface area contributed by atoms with Crippen LogP contribution in [0.1, 0.15) is 24.2 Å². The first-order valence-corrected chi connectivity index (χ1v) is 14.7. The molecule has 1 saturated heterocycles. The predicted molar refractivity (Wildman–Crippen MR) is 170 cm³/mol. The summed E-state index contributed by atoms with van der Waals surface area (Å²) < 4.78 is 31.4. The van der Waals surface area contributed by atoms with Gasteiger partial charge in [0.05, 0.1) is 36.7 Å². The molecule has 0 unspecified atom stereocenters. The summed E-state index contributed by atoms with van der Waals surface area (Å²) in [7, 11) is 1.55. The zero-order valence-corrected chi connectivity index (χ0v) is 25.2. The largest absolute Gasteiger partial charge is 0.493 e. The molecule has 44 heavy (non-hydrogen) atoms. The number of Topliss-reactive ketones (excluding diaryl/α,β-unsaturated/α-hetero) is 1. The fourth-order valence-electron chi connectivity index (χ4n) is 5.44. The average Bonchev–Trinajstić information content (AvgIpc) is 3.46. The summed E-state index contributed by atoms with van der Waals surface area (Å²) in [6.45, 7) is 4.32. The molecule has 2 heterocycles. The van der Waals surface area contributed by atoms with Crippen molar-refractivity contribution < 1.29 is 23.4 Å². The topological polar surface area (TPSA) is 66.8 Å². The van der Waals surface area contributed by atoms with Crippen LogP contribution in [0.15, 0.2) is 96.1 Å². The number of rotatable bonds is 9. The molecule has 4 aromatic carbocycles. The molecule has 0 aliphatic carbocycles. The monoisotopic (exact) mass is 614 g/mol. The summed E-state index contributed by atoms with van der Waals surface area (Å²) >= 11 is 6.87. The van der Waals surface area contributed by atoms with E-state index >= 15 is 0 Å². The number of amidine groups is 1. The van der Waals surface area contributed by atoms with Gasteiger partial charge in [-0.05, 0) is 48.5 Å². The number of ketones is 1. The Morgan fingerprint density at radius 1 is 0.955 bits per heavy atom.